The molecule has 0 amide bonds. The molecule has 0 saturated carbocycles. The van der Waals surface area contributed by atoms with Crippen LogP contribution in [0.1, 0.15) is 52.4 Å². The third-order valence-corrected chi connectivity index (χ3v) is 6.72. The standard InChI is InChI=1S/C31H46O9/c1-22-14-8-4-3-5-12-18-26(39-31-23(2)29(36)30(37)27(21-32)40-31)20-25(34)17-11-6-9-15-24(33)16-10-7-13-19-28(35)38-22/h3,5-7,9-13,15,18-19,22-27,29-34,36-37H,4,8,14,16-17,20-21H2,1-2H3/b5-3+,10-7+,11-6-,15-9+,18-12+,19-13-/t22-,23+,24-,25+,26+,27+,29+,30+,31+/m1/s1. The van der Waals surface area contributed by atoms with E-state index in [2.05, 4.69) is 0 Å². The molecule has 0 spiro atoms. The average molecular weight is 563 g/mol. The Labute approximate surface area is 237 Å². The minimum atomic E-state index is -1.22. The Morgan fingerprint density at radius 3 is 2.38 bits per heavy atom. The number of allylic oxidation sites excluding steroid dienone is 7. The molecule has 0 unspecified atom stereocenters. The van der Waals surface area contributed by atoms with Gasteiger partial charge in [0, 0.05) is 18.4 Å². The van der Waals surface area contributed by atoms with E-state index in [0.717, 1.165) is 12.8 Å². The quantitative estimate of drug-likeness (QED) is 0.328. The van der Waals surface area contributed by atoms with E-state index in [0.29, 0.717) is 19.3 Å². The van der Waals surface area contributed by atoms with Crippen LogP contribution in [0.4, 0.5) is 0 Å². The van der Waals surface area contributed by atoms with Gasteiger partial charge in [-0.25, -0.2) is 4.79 Å². The Balaban J connectivity index is 2.10. The fourth-order valence-corrected chi connectivity index (χ4v) is 4.29. The number of carbonyl (C=O) groups excluding carboxylic acids is 1. The fraction of sp³-hybridized carbons (Fsp3) is 0.581. The number of aliphatic hydroxyl groups is 5. The van der Waals surface area contributed by atoms with Crippen molar-refractivity contribution in [2.75, 3.05) is 6.61 Å². The van der Waals surface area contributed by atoms with Crippen molar-refractivity contribution in [3.63, 3.8) is 0 Å². The summed E-state index contributed by atoms with van der Waals surface area (Å²) in [6.45, 7) is 3.08. The molecule has 0 aromatic carbocycles. The Morgan fingerprint density at radius 1 is 0.900 bits per heavy atom. The Bertz CT molecular complexity index is 904. The molecular weight excluding hydrogens is 516 g/mol. The van der Waals surface area contributed by atoms with Crippen molar-refractivity contribution in [3.8, 4) is 0 Å². The van der Waals surface area contributed by atoms with Gasteiger partial charge in [0.25, 0.3) is 0 Å². The largest absolute Gasteiger partial charge is 0.460 e. The summed E-state index contributed by atoms with van der Waals surface area (Å²) in [4.78, 5) is 11.9. The minimum absolute atomic E-state index is 0.219. The second kappa shape index (κ2) is 18.9. The topological polar surface area (TPSA) is 146 Å². The molecule has 2 aliphatic rings. The molecule has 5 N–H and O–H groups in total. The number of carbonyl (C=O) groups is 1. The molecule has 2 aliphatic heterocycles. The molecule has 0 aromatic rings. The second-order valence-electron chi connectivity index (χ2n) is 10.3. The summed E-state index contributed by atoms with van der Waals surface area (Å²) in [6, 6.07) is 0. The fourth-order valence-electron chi connectivity index (χ4n) is 4.29. The SMILES string of the molecule is C[C@@H]1[C@@H](O[C@H]2/C=C/C=C/CCC[C@@H](C)OC(=O)/C=C\C=C\C[C@H](O)/C=C/C=C\C[C@H](O)C2)O[C@@H](CO)[C@H](O)[C@H]1O. The normalized spacial score (nSPS) is 40.6. The number of rotatable bonds is 3. The van der Waals surface area contributed by atoms with E-state index in [4.69, 9.17) is 14.2 Å². The van der Waals surface area contributed by atoms with Gasteiger partial charge >= 0.3 is 5.97 Å². The maximum absolute atomic E-state index is 11.9. The number of cyclic esters (lactones) is 1. The number of ether oxygens (including phenoxy) is 3. The highest BCUT2D eigenvalue weighted by atomic mass is 16.7. The van der Waals surface area contributed by atoms with Gasteiger partial charge in [-0.2, -0.15) is 0 Å². The summed E-state index contributed by atoms with van der Waals surface area (Å²) >= 11 is 0. The maximum Gasteiger partial charge on any atom is 0.331 e. The lowest BCUT2D eigenvalue weighted by Gasteiger charge is -2.41. The first kappa shape index (κ1) is 33.8. The van der Waals surface area contributed by atoms with Gasteiger partial charge in [0.15, 0.2) is 6.29 Å². The lowest BCUT2D eigenvalue weighted by Crippen LogP contribution is -2.56. The molecule has 0 aliphatic carbocycles. The molecule has 1 fully saturated rings. The second-order valence-corrected chi connectivity index (χ2v) is 10.3. The van der Waals surface area contributed by atoms with Gasteiger partial charge in [-0.1, -0.05) is 73.8 Å². The maximum atomic E-state index is 11.9. The van der Waals surface area contributed by atoms with Crippen LogP contribution < -0.4 is 0 Å². The third-order valence-electron chi connectivity index (χ3n) is 6.72. The molecular formula is C31H46O9. The monoisotopic (exact) mass is 562 g/mol. The van der Waals surface area contributed by atoms with E-state index in [-0.39, 0.29) is 12.5 Å². The van der Waals surface area contributed by atoms with E-state index >= 15 is 0 Å². The highest BCUT2D eigenvalue weighted by Gasteiger charge is 2.43. The van der Waals surface area contributed by atoms with Crippen molar-refractivity contribution >= 4 is 5.97 Å². The van der Waals surface area contributed by atoms with Gasteiger partial charge in [-0.05, 0) is 39.0 Å². The van der Waals surface area contributed by atoms with Crippen LogP contribution in [-0.2, 0) is 19.0 Å². The zero-order valence-electron chi connectivity index (χ0n) is 23.4. The number of esters is 1. The van der Waals surface area contributed by atoms with Crippen molar-refractivity contribution in [1.82, 2.24) is 0 Å². The number of hydrogen-bond acceptors (Lipinski definition) is 9. The lowest BCUT2D eigenvalue weighted by molar-refractivity contribution is -0.290. The minimum Gasteiger partial charge on any atom is -0.460 e. The van der Waals surface area contributed by atoms with E-state index in [9.17, 15) is 30.3 Å². The van der Waals surface area contributed by atoms with Gasteiger partial charge < -0.3 is 39.7 Å². The summed E-state index contributed by atoms with van der Waals surface area (Å²) in [5, 5.41) is 50.8. The summed E-state index contributed by atoms with van der Waals surface area (Å²) in [5.41, 5.74) is 0. The Kier molecular flexibility index (Phi) is 16.0. The predicted molar refractivity (Wildman–Crippen MR) is 152 cm³/mol. The first-order valence-electron chi connectivity index (χ1n) is 14.1. The summed E-state index contributed by atoms with van der Waals surface area (Å²) in [6.07, 6.45) is 17.6. The average Bonchev–Trinajstić information content (AvgIpc) is 2.91. The number of hydrogen-bond donors (Lipinski definition) is 5. The Morgan fingerprint density at radius 2 is 1.60 bits per heavy atom. The van der Waals surface area contributed by atoms with Crippen LogP contribution in [0.5, 0.6) is 0 Å². The van der Waals surface area contributed by atoms with Crippen molar-refractivity contribution < 1.29 is 44.5 Å². The zero-order valence-corrected chi connectivity index (χ0v) is 23.4. The first-order valence-corrected chi connectivity index (χ1v) is 14.1. The molecule has 9 atom stereocenters. The van der Waals surface area contributed by atoms with Gasteiger partial charge in [0.1, 0.15) is 12.2 Å². The van der Waals surface area contributed by atoms with Gasteiger partial charge in [-0.3, -0.25) is 0 Å². The van der Waals surface area contributed by atoms with Crippen LogP contribution in [0, 0.1) is 5.92 Å². The molecule has 2 heterocycles. The van der Waals surface area contributed by atoms with E-state index in [1.807, 2.05) is 25.2 Å². The van der Waals surface area contributed by atoms with Crippen LogP contribution in [0.3, 0.4) is 0 Å². The molecule has 224 valence electrons. The summed E-state index contributed by atoms with van der Waals surface area (Å²) < 4.78 is 17.2. The molecule has 0 bridgehead atoms. The number of aliphatic hydroxyl groups excluding tert-OH is 5. The highest BCUT2D eigenvalue weighted by molar-refractivity contribution is 5.82. The lowest BCUT2D eigenvalue weighted by atomic mass is 9.92. The third kappa shape index (κ3) is 12.9. The summed E-state index contributed by atoms with van der Waals surface area (Å²) in [7, 11) is 0. The first-order chi connectivity index (χ1) is 19.2. The van der Waals surface area contributed by atoms with Crippen LogP contribution in [0.2, 0.25) is 0 Å². The molecule has 0 radical (unpaired) electrons. The van der Waals surface area contributed by atoms with E-state index < -0.39 is 61.4 Å². The molecule has 2 rings (SSSR count). The van der Waals surface area contributed by atoms with Crippen LogP contribution >= 0.6 is 0 Å². The van der Waals surface area contributed by atoms with Gasteiger partial charge in [0.2, 0.25) is 0 Å². The molecule has 1 saturated heterocycles. The molecule has 0 aromatic heterocycles. The van der Waals surface area contributed by atoms with Crippen LogP contribution in [0.15, 0.2) is 72.9 Å². The molecule has 40 heavy (non-hydrogen) atoms. The zero-order chi connectivity index (χ0) is 29.3. The highest BCUT2D eigenvalue weighted by Crippen LogP contribution is 2.28. The van der Waals surface area contributed by atoms with Crippen molar-refractivity contribution in [2.24, 2.45) is 5.92 Å². The van der Waals surface area contributed by atoms with Crippen molar-refractivity contribution in [2.45, 2.75) is 101 Å². The van der Waals surface area contributed by atoms with Crippen molar-refractivity contribution in [3.05, 3.63) is 72.9 Å². The molecule has 9 nitrogen and oxygen atoms in total. The van der Waals surface area contributed by atoms with Crippen LogP contribution in [0.25, 0.3) is 0 Å². The summed E-state index contributed by atoms with van der Waals surface area (Å²) in [5.74, 6) is -0.966. The van der Waals surface area contributed by atoms with Gasteiger partial charge in [-0.15, -0.1) is 0 Å². The Hall–Kier alpha value is -2.37. The van der Waals surface area contributed by atoms with Crippen LogP contribution in [-0.4, -0.2) is 87.1 Å². The van der Waals surface area contributed by atoms with Crippen molar-refractivity contribution in [1.29, 1.82) is 0 Å². The van der Waals surface area contributed by atoms with E-state index in [1.165, 1.54) is 6.08 Å². The predicted octanol–water partition coefficient (Wildman–Crippen LogP) is 2.79. The van der Waals surface area contributed by atoms with E-state index in [1.54, 1.807) is 55.5 Å². The van der Waals surface area contributed by atoms with Gasteiger partial charge in [0.05, 0.1) is 37.1 Å². The molecule has 9 heteroatoms. The smallest absolute Gasteiger partial charge is 0.331 e.